The van der Waals surface area contributed by atoms with Gasteiger partial charge >= 0.3 is 6.09 Å². The molecule has 0 radical (unpaired) electrons. The van der Waals surface area contributed by atoms with Gasteiger partial charge in [0.1, 0.15) is 48.4 Å². The van der Waals surface area contributed by atoms with Gasteiger partial charge in [0.2, 0.25) is 11.8 Å². The van der Waals surface area contributed by atoms with Crippen LogP contribution in [-0.4, -0.2) is 92.9 Å². The second-order valence-corrected chi connectivity index (χ2v) is 16.5. The van der Waals surface area contributed by atoms with Crippen molar-refractivity contribution >= 4 is 17.9 Å². The van der Waals surface area contributed by atoms with Crippen LogP contribution in [0.2, 0.25) is 0 Å². The topological polar surface area (TPSA) is 158 Å². The lowest BCUT2D eigenvalue weighted by Gasteiger charge is -2.31. The molecule has 14 heteroatoms. The first-order chi connectivity index (χ1) is 28.6. The molecule has 4 aliphatic rings. The van der Waals surface area contributed by atoms with Gasteiger partial charge in [0.05, 0.1) is 43.0 Å². The average molecular weight is 799 g/mol. The number of aromatic amines is 2. The maximum absolute atomic E-state index is 14.0. The maximum atomic E-state index is 14.0. The van der Waals surface area contributed by atoms with E-state index in [9.17, 15) is 14.4 Å². The van der Waals surface area contributed by atoms with Crippen LogP contribution >= 0.6 is 0 Å². The summed E-state index contributed by atoms with van der Waals surface area (Å²) in [5.41, 5.74) is 8.63. The molecule has 14 nitrogen and oxygen atoms in total. The van der Waals surface area contributed by atoms with Crippen molar-refractivity contribution in [1.82, 2.24) is 40.0 Å². The lowest BCUT2D eigenvalue weighted by molar-refractivity contribution is -0.137. The molecule has 4 atom stereocenters. The molecule has 2 saturated heterocycles. The fraction of sp³-hybridized carbons (Fsp3) is 0.400. The van der Waals surface area contributed by atoms with Crippen molar-refractivity contribution in [2.45, 2.75) is 76.9 Å². The van der Waals surface area contributed by atoms with Crippen molar-refractivity contribution in [3.8, 4) is 45.1 Å². The van der Waals surface area contributed by atoms with Crippen LogP contribution in [0.25, 0.3) is 33.6 Å². The van der Waals surface area contributed by atoms with E-state index >= 15 is 0 Å². The van der Waals surface area contributed by atoms with Gasteiger partial charge in [0.15, 0.2) is 0 Å². The van der Waals surface area contributed by atoms with E-state index < -0.39 is 12.1 Å². The van der Waals surface area contributed by atoms with Crippen molar-refractivity contribution in [1.29, 1.82) is 0 Å². The summed E-state index contributed by atoms with van der Waals surface area (Å²) in [7, 11) is 5.19. The van der Waals surface area contributed by atoms with Crippen LogP contribution in [0.15, 0.2) is 67.0 Å². The fourth-order valence-electron chi connectivity index (χ4n) is 9.26. The molecule has 3 amide bonds. The molecule has 59 heavy (non-hydrogen) atoms. The number of alkyl carbamates (subject to hydrolysis) is 1. The number of rotatable bonds is 10. The normalized spacial score (nSPS) is 19.0. The van der Waals surface area contributed by atoms with Crippen LogP contribution in [0, 0.1) is 5.92 Å². The largest absolute Gasteiger partial charge is 0.488 e. The van der Waals surface area contributed by atoms with Crippen molar-refractivity contribution in [3.63, 3.8) is 0 Å². The van der Waals surface area contributed by atoms with E-state index in [0.29, 0.717) is 32.1 Å². The SMILES string of the molecule is COC(=O)NC(C(=O)N1CCC[C@H]1c1ncc(-c2cc3c4c(c2)OCc2cc(-c5cnc([C@@H]6CCCN6C(=O)C(c6ccccc6)N(C)C)[nH]5)cc(c2-4)OC3)[nH]1)C(C)C. The number of amides is 3. The van der Waals surface area contributed by atoms with Gasteiger partial charge in [-0.25, -0.2) is 14.8 Å². The average Bonchev–Trinajstić information content (AvgIpc) is 4.08. The highest BCUT2D eigenvalue weighted by atomic mass is 16.5. The van der Waals surface area contributed by atoms with Crippen LogP contribution in [0.4, 0.5) is 4.79 Å². The number of ether oxygens (including phenoxy) is 3. The number of nitrogens with zero attached hydrogens (tertiary/aromatic N) is 5. The second-order valence-electron chi connectivity index (χ2n) is 16.5. The summed E-state index contributed by atoms with van der Waals surface area (Å²) in [5.74, 6) is 2.88. The van der Waals surface area contributed by atoms with E-state index in [1.165, 1.54) is 7.11 Å². The number of hydrogen-bond donors (Lipinski definition) is 3. The van der Waals surface area contributed by atoms with Crippen molar-refractivity contribution in [3.05, 3.63) is 95.3 Å². The summed E-state index contributed by atoms with van der Waals surface area (Å²) in [6.45, 7) is 5.82. The Hall–Kier alpha value is -6.15. The predicted molar refractivity (Wildman–Crippen MR) is 220 cm³/mol. The molecule has 2 unspecified atom stereocenters. The molecule has 2 aromatic heterocycles. The van der Waals surface area contributed by atoms with E-state index in [4.69, 9.17) is 24.2 Å². The molecule has 0 bridgehead atoms. The fourth-order valence-corrected chi connectivity index (χ4v) is 9.26. The molecule has 2 fully saturated rings. The van der Waals surface area contributed by atoms with E-state index in [2.05, 4.69) is 33.5 Å². The molecule has 0 spiro atoms. The Labute approximate surface area is 343 Å². The van der Waals surface area contributed by atoms with Crippen LogP contribution in [0.3, 0.4) is 0 Å². The Bertz CT molecular complexity index is 2360. The monoisotopic (exact) mass is 798 g/mol. The Kier molecular flexibility index (Phi) is 10.1. The minimum Gasteiger partial charge on any atom is -0.488 e. The summed E-state index contributed by atoms with van der Waals surface area (Å²) < 4.78 is 17.7. The highest BCUT2D eigenvalue weighted by molar-refractivity contribution is 5.89. The first-order valence-electron chi connectivity index (χ1n) is 20.5. The Balaban J connectivity index is 0.945. The van der Waals surface area contributed by atoms with Gasteiger partial charge < -0.3 is 39.3 Å². The van der Waals surface area contributed by atoms with E-state index in [1.807, 2.05) is 85.2 Å². The van der Waals surface area contributed by atoms with Gasteiger partial charge in [-0.05, 0) is 75.5 Å². The number of nitrogens with one attached hydrogen (secondary N) is 3. The van der Waals surface area contributed by atoms with E-state index in [1.54, 1.807) is 6.20 Å². The number of H-pyrrole nitrogens is 2. The lowest BCUT2D eigenvalue weighted by atomic mass is 9.87. The molecule has 4 aliphatic heterocycles. The third kappa shape index (κ3) is 6.98. The quantitative estimate of drug-likeness (QED) is 0.136. The number of methoxy groups -OCH3 is 1. The minimum absolute atomic E-state index is 0.0783. The van der Waals surface area contributed by atoms with Crippen molar-refractivity contribution in [2.75, 3.05) is 34.3 Å². The molecule has 0 saturated carbocycles. The summed E-state index contributed by atoms with van der Waals surface area (Å²) in [6.07, 6.45) is 6.38. The Morgan fingerprint density at radius 1 is 0.797 bits per heavy atom. The molecular formula is C45H50N8O6. The minimum atomic E-state index is -0.703. The molecule has 9 rings (SSSR count). The van der Waals surface area contributed by atoms with Gasteiger partial charge in [-0.2, -0.15) is 0 Å². The smallest absolute Gasteiger partial charge is 0.407 e. The summed E-state index contributed by atoms with van der Waals surface area (Å²) >= 11 is 0. The first-order valence-corrected chi connectivity index (χ1v) is 20.5. The lowest BCUT2D eigenvalue weighted by Crippen LogP contribution is -2.51. The highest BCUT2D eigenvalue weighted by Gasteiger charge is 2.39. The van der Waals surface area contributed by atoms with Crippen LogP contribution < -0.4 is 14.8 Å². The zero-order valence-electron chi connectivity index (χ0n) is 34.1. The van der Waals surface area contributed by atoms with Gasteiger partial charge in [0.25, 0.3) is 0 Å². The van der Waals surface area contributed by atoms with E-state index in [-0.39, 0.29) is 35.9 Å². The number of carbonyl (C=O) groups is 3. The Morgan fingerprint density at radius 3 is 1.81 bits per heavy atom. The second kappa shape index (κ2) is 15.6. The van der Waals surface area contributed by atoms with Gasteiger partial charge in [-0.15, -0.1) is 0 Å². The maximum Gasteiger partial charge on any atom is 0.407 e. The van der Waals surface area contributed by atoms with Crippen LogP contribution in [-0.2, 0) is 27.5 Å². The van der Waals surface area contributed by atoms with Gasteiger partial charge in [-0.1, -0.05) is 44.2 Å². The molecule has 6 heterocycles. The number of carbonyl (C=O) groups excluding carboxylic acids is 3. The van der Waals surface area contributed by atoms with E-state index in [0.717, 1.165) is 93.3 Å². The molecule has 0 aliphatic carbocycles. The Morgan fingerprint density at radius 2 is 1.32 bits per heavy atom. The van der Waals surface area contributed by atoms with Crippen molar-refractivity contribution in [2.24, 2.45) is 5.92 Å². The number of likely N-dealkylation sites (N-methyl/N-ethyl adjacent to an activating group) is 1. The highest BCUT2D eigenvalue weighted by Crippen LogP contribution is 2.51. The van der Waals surface area contributed by atoms with Crippen molar-refractivity contribution < 1.29 is 28.6 Å². The summed E-state index contributed by atoms with van der Waals surface area (Å²) in [5, 5.41) is 2.71. The number of aromatic nitrogens is 4. The van der Waals surface area contributed by atoms with Gasteiger partial charge in [0, 0.05) is 46.5 Å². The summed E-state index contributed by atoms with van der Waals surface area (Å²) in [4.78, 5) is 62.2. The molecular weight excluding hydrogens is 749 g/mol. The third-order valence-electron chi connectivity index (χ3n) is 12.2. The first kappa shape index (κ1) is 38.4. The number of imidazole rings is 2. The number of benzene rings is 3. The predicted octanol–water partition coefficient (Wildman–Crippen LogP) is 6.93. The molecule has 3 aromatic carbocycles. The zero-order valence-corrected chi connectivity index (χ0v) is 34.1. The zero-order chi connectivity index (χ0) is 40.9. The third-order valence-corrected chi connectivity index (χ3v) is 12.2. The standard InChI is InChI=1S/C45H50N8O6/c1-25(2)39(50-45(56)57-5)43(54)52-15-9-13-33(52)41-46-21-31(48-41)27-17-29-23-59-36-20-28(18-30-24-58-35(19-27)37(29)38(30)36)32-22-47-42(49-32)34-14-10-16-53(34)44(55)40(51(3)4)26-11-7-6-8-12-26/h6-8,11-12,17-22,25,33-34,39-40H,9-10,13-16,23-24H2,1-5H3,(H,46,48)(H,47,49)(H,50,56)/t33-,34-,39?,40?/m0/s1. The molecule has 3 N–H and O–H groups in total. The molecule has 5 aromatic rings. The number of likely N-dealkylation sites (tertiary alicyclic amines) is 2. The van der Waals surface area contributed by atoms with Crippen LogP contribution in [0.1, 0.15) is 86.0 Å². The number of hydrogen-bond acceptors (Lipinski definition) is 9. The molecule has 306 valence electrons. The van der Waals surface area contributed by atoms with Gasteiger partial charge in [-0.3, -0.25) is 14.5 Å². The summed E-state index contributed by atoms with van der Waals surface area (Å²) in [6, 6.07) is 16.9. The van der Waals surface area contributed by atoms with Crippen LogP contribution in [0.5, 0.6) is 11.5 Å².